The molecule has 1 aromatic heterocycles. The Morgan fingerprint density at radius 3 is 2.66 bits per heavy atom. The second kappa shape index (κ2) is 9.49. The normalized spacial score (nSPS) is 10.4. The van der Waals surface area contributed by atoms with Gasteiger partial charge in [-0.25, -0.2) is 9.07 Å². The molecule has 0 radical (unpaired) electrons. The second-order valence-electron chi connectivity index (χ2n) is 5.84. The van der Waals surface area contributed by atoms with Crippen LogP contribution in [0.1, 0.15) is 13.8 Å². The third-order valence-corrected chi connectivity index (χ3v) is 3.84. The molecule has 29 heavy (non-hydrogen) atoms. The summed E-state index contributed by atoms with van der Waals surface area (Å²) >= 11 is 0. The van der Waals surface area contributed by atoms with E-state index in [9.17, 15) is 9.18 Å². The van der Waals surface area contributed by atoms with E-state index in [0.29, 0.717) is 36.1 Å². The maximum atomic E-state index is 14.1. The number of amides is 1. The lowest BCUT2D eigenvalue weighted by Crippen LogP contribution is -2.22. The molecule has 0 bridgehead atoms. The van der Waals surface area contributed by atoms with Gasteiger partial charge in [0.15, 0.2) is 0 Å². The molecule has 152 valence electrons. The first-order chi connectivity index (χ1) is 14.1. The number of rotatable bonds is 9. The maximum absolute atomic E-state index is 14.1. The molecule has 1 heterocycles. The minimum absolute atomic E-state index is 0.152. The van der Waals surface area contributed by atoms with Crippen molar-refractivity contribution in [3.8, 4) is 17.2 Å². The Hall–Kier alpha value is -3.69. The van der Waals surface area contributed by atoms with Crippen LogP contribution in [0.4, 0.5) is 15.8 Å². The van der Waals surface area contributed by atoms with Gasteiger partial charge in [-0.3, -0.25) is 4.79 Å². The molecular formula is C19H21FN6O3. The molecule has 9 nitrogen and oxygen atoms in total. The molecule has 0 aliphatic rings. The van der Waals surface area contributed by atoms with Crippen LogP contribution in [0.5, 0.6) is 11.5 Å². The highest BCUT2D eigenvalue weighted by atomic mass is 19.1. The zero-order valence-corrected chi connectivity index (χ0v) is 16.1. The summed E-state index contributed by atoms with van der Waals surface area (Å²) in [6, 6.07) is 9.50. The highest BCUT2D eigenvalue weighted by molar-refractivity contribution is 5.95. The van der Waals surface area contributed by atoms with Gasteiger partial charge < -0.3 is 20.1 Å². The summed E-state index contributed by atoms with van der Waals surface area (Å²) in [5.74, 6) is 0.269. The monoisotopic (exact) mass is 400 g/mol. The van der Waals surface area contributed by atoms with E-state index >= 15 is 0 Å². The van der Waals surface area contributed by atoms with E-state index in [0.717, 1.165) is 0 Å². The van der Waals surface area contributed by atoms with E-state index in [1.807, 2.05) is 13.8 Å². The van der Waals surface area contributed by atoms with Crippen LogP contribution in [0.15, 0.2) is 42.7 Å². The number of carbonyl (C=O) groups is 1. The molecule has 0 aliphatic heterocycles. The van der Waals surface area contributed by atoms with E-state index in [1.54, 1.807) is 18.2 Å². The standard InChI is InChI=1S/C19H21FN6O3/c1-3-28-14-6-8-18(29-4-2)17(10-14)23-19(27)11-21-16-9-13(5-7-15(16)20)26-12-22-24-25-26/h5-10,12,21H,3-4,11H2,1-2H3,(H,23,27). The predicted molar refractivity (Wildman–Crippen MR) is 105 cm³/mol. The molecular weight excluding hydrogens is 379 g/mol. The molecule has 0 saturated heterocycles. The Morgan fingerprint density at radius 2 is 1.93 bits per heavy atom. The lowest BCUT2D eigenvalue weighted by atomic mass is 10.2. The van der Waals surface area contributed by atoms with Gasteiger partial charge in [-0.1, -0.05) is 0 Å². The van der Waals surface area contributed by atoms with Crippen molar-refractivity contribution in [2.45, 2.75) is 13.8 Å². The smallest absolute Gasteiger partial charge is 0.243 e. The molecule has 0 aliphatic carbocycles. The fourth-order valence-electron chi connectivity index (χ4n) is 2.59. The van der Waals surface area contributed by atoms with E-state index in [1.165, 1.54) is 29.2 Å². The minimum atomic E-state index is -0.497. The first-order valence-electron chi connectivity index (χ1n) is 9.07. The molecule has 3 rings (SSSR count). The van der Waals surface area contributed by atoms with Gasteiger partial charge in [0, 0.05) is 6.07 Å². The SMILES string of the molecule is CCOc1ccc(OCC)c(NC(=O)CNc2cc(-n3cnnn3)ccc2F)c1. The van der Waals surface area contributed by atoms with Gasteiger partial charge in [-0.05, 0) is 54.6 Å². The van der Waals surface area contributed by atoms with E-state index in [2.05, 4.69) is 26.2 Å². The fourth-order valence-corrected chi connectivity index (χ4v) is 2.59. The van der Waals surface area contributed by atoms with Crippen molar-refractivity contribution >= 4 is 17.3 Å². The zero-order chi connectivity index (χ0) is 20.6. The zero-order valence-electron chi connectivity index (χ0n) is 16.1. The number of aromatic nitrogens is 4. The average molecular weight is 400 g/mol. The number of nitrogens with one attached hydrogen (secondary N) is 2. The Bertz CT molecular complexity index is 965. The lowest BCUT2D eigenvalue weighted by Gasteiger charge is -2.14. The Morgan fingerprint density at radius 1 is 1.10 bits per heavy atom. The van der Waals surface area contributed by atoms with Crippen molar-refractivity contribution < 1.29 is 18.7 Å². The average Bonchev–Trinajstić information content (AvgIpc) is 3.24. The number of hydrogen-bond acceptors (Lipinski definition) is 7. The summed E-state index contributed by atoms with van der Waals surface area (Å²) in [5, 5.41) is 16.4. The molecule has 2 aromatic carbocycles. The predicted octanol–water partition coefficient (Wildman–Crippen LogP) is 2.65. The molecule has 10 heteroatoms. The highest BCUT2D eigenvalue weighted by Crippen LogP contribution is 2.29. The van der Waals surface area contributed by atoms with Gasteiger partial charge >= 0.3 is 0 Å². The largest absolute Gasteiger partial charge is 0.494 e. The Labute approximate surface area is 166 Å². The highest BCUT2D eigenvalue weighted by Gasteiger charge is 2.12. The summed E-state index contributed by atoms with van der Waals surface area (Å²) in [4.78, 5) is 12.4. The first-order valence-corrected chi connectivity index (χ1v) is 9.07. The van der Waals surface area contributed by atoms with Gasteiger partial charge in [0.1, 0.15) is 23.6 Å². The summed E-state index contributed by atoms with van der Waals surface area (Å²) in [7, 11) is 0. The van der Waals surface area contributed by atoms with Gasteiger partial charge in [0.05, 0.1) is 36.8 Å². The Balaban J connectivity index is 1.69. The first kappa shape index (κ1) is 20.1. The summed E-state index contributed by atoms with van der Waals surface area (Å²) in [6.45, 7) is 4.52. The van der Waals surface area contributed by atoms with Crippen molar-refractivity contribution in [2.75, 3.05) is 30.4 Å². The third-order valence-electron chi connectivity index (χ3n) is 3.84. The molecule has 0 atom stereocenters. The van der Waals surface area contributed by atoms with Gasteiger partial charge in [-0.15, -0.1) is 5.10 Å². The molecule has 0 fully saturated rings. The maximum Gasteiger partial charge on any atom is 0.243 e. The number of tetrazole rings is 1. The van der Waals surface area contributed by atoms with Gasteiger partial charge in [0.2, 0.25) is 5.91 Å². The van der Waals surface area contributed by atoms with Gasteiger partial charge in [-0.2, -0.15) is 0 Å². The topological polar surface area (TPSA) is 103 Å². The van der Waals surface area contributed by atoms with E-state index < -0.39 is 5.82 Å². The van der Waals surface area contributed by atoms with Crippen LogP contribution in [0.2, 0.25) is 0 Å². The summed E-state index contributed by atoms with van der Waals surface area (Å²) < 4.78 is 26.5. The number of hydrogen-bond donors (Lipinski definition) is 2. The summed E-state index contributed by atoms with van der Waals surface area (Å²) in [6.07, 6.45) is 1.39. The van der Waals surface area contributed by atoms with Crippen molar-refractivity contribution in [3.05, 3.63) is 48.5 Å². The Kier molecular flexibility index (Phi) is 6.56. The molecule has 0 unspecified atom stereocenters. The van der Waals surface area contributed by atoms with E-state index in [-0.39, 0.29) is 18.1 Å². The fraction of sp³-hybridized carbons (Fsp3) is 0.263. The third kappa shape index (κ3) is 5.18. The quantitative estimate of drug-likeness (QED) is 0.569. The summed E-state index contributed by atoms with van der Waals surface area (Å²) in [5.41, 5.74) is 1.19. The second-order valence-corrected chi connectivity index (χ2v) is 5.84. The van der Waals surface area contributed by atoms with Crippen LogP contribution < -0.4 is 20.1 Å². The van der Waals surface area contributed by atoms with Crippen LogP contribution in [0, 0.1) is 5.82 Å². The molecule has 0 saturated carbocycles. The molecule has 3 aromatic rings. The number of halogens is 1. The molecule has 0 spiro atoms. The van der Waals surface area contributed by atoms with Crippen LogP contribution in [-0.4, -0.2) is 45.9 Å². The van der Waals surface area contributed by atoms with Crippen molar-refractivity contribution in [1.82, 2.24) is 20.2 Å². The van der Waals surface area contributed by atoms with Crippen LogP contribution in [0.3, 0.4) is 0 Å². The van der Waals surface area contributed by atoms with Crippen LogP contribution in [-0.2, 0) is 4.79 Å². The number of ether oxygens (including phenoxy) is 2. The van der Waals surface area contributed by atoms with Gasteiger partial charge in [0.25, 0.3) is 0 Å². The van der Waals surface area contributed by atoms with Crippen LogP contribution >= 0.6 is 0 Å². The number of nitrogens with zero attached hydrogens (tertiary/aromatic N) is 4. The van der Waals surface area contributed by atoms with Crippen molar-refractivity contribution in [1.29, 1.82) is 0 Å². The number of anilines is 2. The van der Waals surface area contributed by atoms with Crippen molar-refractivity contribution in [3.63, 3.8) is 0 Å². The minimum Gasteiger partial charge on any atom is -0.494 e. The number of carbonyl (C=O) groups excluding carboxylic acids is 1. The van der Waals surface area contributed by atoms with Crippen molar-refractivity contribution in [2.24, 2.45) is 0 Å². The molecule has 1 amide bonds. The van der Waals surface area contributed by atoms with Crippen LogP contribution in [0.25, 0.3) is 5.69 Å². The van der Waals surface area contributed by atoms with E-state index in [4.69, 9.17) is 9.47 Å². The number of benzene rings is 2. The lowest BCUT2D eigenvalue weighted by molar-refractivity contribution is -0.114. The molecule has 2 N–H and O–H groups in total.